The number of nitrogens with zero attached hydrogens (tertiary/aromatic N) is 2. The maximum absolute atomic E-state index is 12.4. The van der Waals surface area contributed by atoms with Crippen LogP contribution in [-0.2, 0) is 28.9 Å². The highest BCUT2D eigenvalue weighted by molar-refractivity contribution is 5.99. The second-order valence-electron chi connectivity index (χ2n) is 9.87. The maximum Gasteiger partial charge on any atom is 0.233 e. The number of hydrogen-bond acceptors (Lipinski definition) is 5. The predicted molar refractivity (Wildman–Crippen MR) is 139 cm³/mol. The molecular weight excluding hydrogens is 440 g/mol. The molecule has 190 valence electrons. The van der Waals surface area contributed by atoms with Gasteiger partial charge < -0.3 is 14.4 Å². The monoisotopic (exact) mass is 480 g/mol. The lowest BCUT2D eigenvalue weighted by Gasteiger charge is -2.30. The molecule has 2 amide bonds. The van der Waals surface area contributed by atoms with Gasteiger partial charge >= 0.3 is 0 Å². The first-order valence-electron chi connectivity index (χ1n) is 12.5. The zero-order chi connectivity index (χ0) is 25.7. The van der Waals surface area contributed by atoms with Crippen LogP contribution in [0.15, 0.2) is 24.3 Å². The molecule has 35 heavy (non-hydrogen) atoms. The number of ether oxygens (including phenoxy) is 2. The summed E-state index contributed by atoms with van der Waals surface area (Å²) in [5, 5.41) is 0. The number of fused-ring (bicyclic) bond motifs is 2. The van der Waals surface area contributed by atoms with Crippen molar-refractivity contribution >= 4 is 11.8 Å². The number of rotatable bonds is 7. The Balaban J connectivity index is 0.000000211. The number of carbonyl (C=O) groups is 2. The molecule has 0 N–H and O–H groups in total. The van der Waals surface area contributed by atoms with Gasteiger partial charge in [-0.25, -0.2) is 0 Å². The molecule has 2 aliphatic rings. The van der Waals surface area contributed by atoms with E-state index in [1.165, 1.54) is 40.0 Å². The smallest absolute Gasteiger partial charge is 0.233 e. The van der Waals surface area contributed by atoms with Crippen LogP contribution in [0.5, 0.6) is 11.5 Å². The molecule has 0 saturated heterocycles. The van der Waals surface area contributed by atoms with Crippen molar-refractivity contribution < 1.29 is 19.1 Å². The van der Waals surface area contributed by atoms with E-state index in [0.29, 0.717) is 19.4 Å². The summed E-state index contributed by atoms with van der Waals surface area (Å²) in [6.45, 7) is 7.71. The van der Waals surface area contributed by atoms with E-state index < -0.39 is 0 Å². The number of methoxy groups -OCH3 is 2. The van der Waals surface area contributed by atoms with E-state index in [4.69, 9.17) is 9.47 Å². The van der Waals surface area contributed by atoms with Crippen LogP contribution >= 0.6 is 0 Å². The molecule has 1 aliphatic heterocycles. The molecule has 0 radical (unpaired) electrons. The minimum Gasteiger partial charge on any atom is -0.493 e. The summed E-state index contributed by atoms with van der Waals surface area (Å²) in [5.41, 5.74) is 7.21. The van der Waals surface area contributed by atoms with Crippen molar-refractivity contribution in [1.29, 1.82) is 0 Å². The largest absolute Gasteiger partial charge is 0.493 e. The highest BCUT2D eigenvalue weighted by atomic mass is 16.5. The van der Waals surface area contributed by atoms with Gasteiger partial charge in [0.25, 0.3) is 0 Å². The van der Waals surface area contributed by atoms with Crippen LogP contribution < -0.4 is 9.47 Å². The van der Waals surface area contributed by atoms with Crippen LogP contribution in [0.25, 0.3) is 0 Å². The van der Waals surface area contributed by atoms with Crippen molar-refractivity contribution in [2.45, 2.75) is 58.8 Å². The van der Waals surface area contributed by atoms with Gasteiger partial charge in [0.15, 0.2) is 11.5 Å². The van der Waals surface area contributed by atoms with Crippen molar-refractivity contribution in [2.24, 2.45) is 0 Å². The lowest BCUT2D eigenvalue weighted by molar-refractivity contribution is -0.143. The molecule has 0 aromatic heterocycles. The number of amides is 2. The molecule has 0 spiro atoms. The van der Waals surface area contributed by atoms with E-state index in [1.54, 1.807) is 14.2 Å². The molecule has 1 heterocycles. The number of aryl methyl sites for hydroxylation is 2. The minimum atomic E-state index is -0.0687. The van der Waals surface area contributed by atoms with Crippen molar-refractivity contribution in [3.05, 3.63) is 57.6 Å². The Hall–Kier alpha value is -2.86. The van der Waals surface area contributed by atoms with Crippen LogP contribution in [0.2, 0.25) is 0 Å². The normalized spacial score (nSPS) is 16.6. The molecular formula is C29H40N2O4. The average Bonchev–Trinajstić information content (AvgIpc) is 2.91. The van der Waals surface area contributed by atoms with E-state index in [1.807, 2.05) is 27.9 Å². The first-order valence-corrected chi connectivity index (χ1v) is 12.5. The van der Waals surface area contributed by atoms with Crippen molar-refractivity contribution in [3.63, 3.8) is 0 Å². The van der Waals surface area contributed by atoms with E-state index in [0.717, 1.165) is 41.5 Å². The number of imide groups is 1. The minimum absolute atomic E-state index is 0.0687. The van der Waals surface area contributed by atoms with Gasteiger partial charge in [0, 0.05) is 6.54 Å². The summed E-state index contributed by atoms with van der Waals surface area (Å²) in [4.78, 5) is 28.2. The van der Waals surface area contributed by atoms with Crippen molar-refractivity contribution in [1.82, 2.24) is 9.80 Å². The van der Waals surface area contributed by atoms with Crippen molar-refractivity contribution in [3.8, 4) is 11.5 Å². The molecule has 0 bridgehead atoms. The molecule has 1 atom stereocenters. The molecule has 6 nitrogen and oxygen atoms in total. The van der Waals surface area contributed by atoms with Crippen LogP contribution in [0.4, 0.5) is 0 Å². The van der Waals surface area contributed by atoms with Gasteiger partial charge in [0.2, 0.25) is 11.8 Å². The summed E-state index contributed by atoms with van der Waals surface area (Å²) in [5.74, 6) is 2.29. The zero-order valence-corrected chi connectivity index (χ0v) is 22.4. The van der Waals surface area contributed by atoms with Gasteiger partial charge in [0.05, 0.1) is 27.1 Å². The quantitative estimate of drug-likeness (QED) is 0.548. The highest BCUT2D eigenvalue weighted by Crippen LogP contribution is 2.43. The lowest BCUT2D eigenvalue weighted by atomic mass is 9.76. The average molecular weight is 481 g/mol. The molecule has 2 aromatic rings. The van der Waals surface area contributed by atoms with Gasteiger partial charge in [-0.1, -0.05) is 19.1 Å². The van der Waals surface area contributed by atoms with Gasteiger partial charge in [-0.05, 0) is 105 Å². The fraction of sp³-hybridized carbons (Fsp3) is 0.517. The zero-order valence-electron chi connectivity index (χ0n) is 22.4. The van der Waals surface area contributed by atoms with Crippen LogP contribution in [0, 0.1) is 13.8 Å². The third-order valence-corrected chi connectivity index (χ3v) is 7.13. The lowest BCUT2D eigenvalue weighted by Crippen LogP contribution is -2.38. The Morgan fingerprint density at radius 1 is 0.886 bits per heavy atom. The SMILES string of the molecule is CCC1Cc2cc(OC)c(OC)cc21.Cc1cc2c(cc1C)CC(=O)N(CCCN(C)C)C(=O)C2. The van der Waals surface area contributed by atoms with Gasteiger partial charge in [-0.3, -0.25) is 14.5 Å². The number of hydrogen-bond donors (Lipinski definition) is 0. The Bertz CT molecular complexity index is 1030. The van der Waals surface area contributed by atoms with Crippen LogP contribution in [-0.4, -0.2) is 63.0 Å². The molecule has 1 aliphatic carbocycles. The van der Waals surface area contributed by atoms with Crippen molar-refractivity contribution in [2.75, 3.05) is 41.4 Å². The summed E-state index contributed by atoms with van der Waals surface area (Å²) >= 11 is 0. The third-order valence-electron chi connectivity index (χ3n) is 7.13. The highest BCUT2D eigenvalue weighted by Gasteiger charge is 2.28. The summed E-state index contributed by atoms with van der Waals surface area (Å²) < 4.78 is 10.5. The summed E-state index contributed by atoms with van der Waals surface area (Å²) in [6, 6.07) is 8.32. The molecule has 6 heteroatoms. The Labute approximate surface area is 210 Å². The summed E-state index contributed by atoms with van der Waals surface area (Å²) in [6.07, 6.45) is 3.89. The Morgan fingerprint density at radius 3 is 1.91 bits per heavy atom. The van der Waals surface area contributed by atoms with Gasteiger partial charge in [-0.15, -0.1) is 0 Å². The first kappa shape index (κ1) is 26.7. The predicted octanol–water partition coefficient (Wildman–Crippen LogP) is 4.46. The second kappa shape index (κ2) is 11.7. The topological polar surface area (TPSA) is 59.1 Å². The molecule has 0 fully saturated rings. The fourth-order valence-electron chi connectivity index (χ4n) is 4.82. The van der Waals surface area contributed by atoms with Gasteiger partial charge in [0.1, 0.15) is 0 Å². The fourth-order valence-corrected chi connectivity index (χ4v) is 4.82. The van der Waals surface area contributed by atoms with E-state index >= 15 is 0 Å². The van der Waals surface area contributed by atoms with E-state index in [9.17, 15) is 9.59 Å². The first-order chi connectivity index (χ1) is 16.7. The standard InChI is InChI=1S/C17H24N2O2.C12H16O2/c1-12-8-14-10-16(20)19(7-5-6-18(3)4)17(21)11-15(14)9-13(12)2;1-4-8-5-9-6-11(13-2)12(14-3)7-10(8)9/h8-9H,5-7,10-11H2,1-4H3;6-8H,4-5H2,1-3H3. The molecule has 0 saturated carbocycles. The summed E-state index contributed by atoms with van der Waals surface area (Å²) in [7, 11) is 7.35. The van der Waals surface area contributed by atoms with Crippen LogP contribution in [0.3, 0.4) is 0 Å². The molecule has 2 aromatic carbocycles. The van der Waals surface area contributed by atoms with E-state index in [-0.39, 0.29) is 11.8 Å². The maximum atomic E-state index is 12.4. The van der Waals surface area contributed by atoms with Crippen LogP contribution in [0.1, 0.15) is 59.1 Å². The molecule has 1 unspecified atom stereocenters. The van der Waals surface area contributed by atoms with Gasteiger partial charge in [-0.2, -0.15) is 0 Å². The second-order valence-corrected chi connectivity index (χ2v) is 9.87. The number of carbonyl (C=O) groups excluding carboxylic acids is 2. The number of benzene rings is 2. The van der Waals surface area contributed by atoms with E-state index in [2.05, 4.69) is 36.1 Å². The third kappa shape index (κ3) is 6.23. The Morgan fingerprint density at radius 2 is 1.43 bits per heavy atom. The molecule has 4 rings (SSSR count). The Kier molecular flexibility index (Phi) is 8.95.